The number of nitrogens with zero attached hydrogens (tertiary/aromatic N) is 3. The van der Waals surface area contributed by atoms with Gasteiger partial charge in [-0.2, -0.15) is 10.4 Å². The van der Waals surface area contributed by atoms with Gasteiger partial charge in [0.05, 0.1) is 11.1 Å². The van der Waals surface area contributed by atoms with E-state index in [0.29, 0.717) is 22.5 Å². The van der Waals surface area contributed by atoms with Crippen molar-refractivity contribution >= 4 is 22.5 Å². The highest BCUT2D eigenvalue weighted by Crippen LogP contribution is 2.30. The number of H-pyrrole nitrogens is 1. The molecule has 0 saturated carbocycles. The largest absolute Gasteiger partial charge is 0.321 e. The highest BCUT2D eigenvalue weighted by Gasteiger charge is 2.14. The van der Waals surface area contributed by atoms with Gasteiger partial charge in [-0.25, -0.2) is 4.98 Å². The lowest BCUT2D eigenvalue weighted by Gasteiger charge is -2.08. The molecule has 2 N–H and O–H groups in total. The number of carbonyl (C=O) groups excluding carboxylic acids is 1. The minimum atomic E-state index is -0.317. The Labute approximate surface area is 161 Å². The van der Waals surface area contributed by atoms with Crippen molar-refractivity contribution in [3.8, 4) is 17.3 Å². The molecule has 0 saturated heterocycles. The van der Waals surface area contributed by atoms with E-state index in [9.17, 15) is 4.79 Å². The van der Waals surface area contributed by atoms with Gasteiger partial charge in [0.1, 0.15) is 17.5 Å². The first-order chi connectivity index (χ1) is 13.6. The zero-order chi connectivity index (χ0) is 19.7. The number of nitriles is 1. The average Bonchev–Trinajstić information content (AvgIpc) is 3.11. The predicted molar refractivity (Wildman–Crippen MR) is 108 cm³/mol. The Bertz CT molecular complexity index is 1250. The van der Waals surface area contributed by atoms with Crippen LogP contribution in [0.5, 0.6) is 0 Å². The summed E-state index contributed by atoms with van der Waals surface area (Å²) in [6.07, 6.45) is 1.40. The number of benzene rings is 2. The molecule has 1 amide bonds. The lowest BCUT2D eigenvalue weighted by molar-refractivity contribution is 0.102. The molecule has 6 heteroatoms. The maximum Gasteiger partial charge on any atom is 0.274 e. The van der Waals surface area contributed by atoms with E-state index in [2.05, 4.69) is 20.5 Å². The monoisotopic (exact) mass is 367 g/mol. The van der Waals surface area contributed by atoms with Gasteiger partial charge in [0.15, 0.2) is 0 Å². The van der Waals surface area contributed by atoms with Gasteiger partial charge in [0, 0.05) is 22.8 Å². The van der Waals surface area contributed by atoms with Crippen LogP contribution < -0.4 is 5.32 Å². The highest BCUT2D eigenvalue weighted by atomic mass is 16.1. The molecule has 28 heavy (non-hydrogen) atoms. The molecule has 2 aromatic carbocycles. The first kappa shape index (κ1) is 17.4. The third kappa shape index (κ3) is 3.10. The number of aromatic amines is 1. The summed E-state index contributed by atoms with van der Waals surface area (Å²) >= 11 is 0. The Morgan fingerprint density at radius 1 is 1.11 bits per heavy atom. The smallest absolute Gasteiger partial charge is 0.274 e. The second-order valence-corrected chi connectivity index (χ2v) is 6.60. The number of rotatable bonds is 3. The van der Waals surface area contributed by atoms with E-state index in [-0.39, 0.29) is 5.91 Å². The van der Waals surface area contributed by atoms with E-state index in [1.807, 2.05) is 55.5 Å². The molecule has 0 spiro atoms. The van der Waals surface area contributed by atoms with Crippen molar-refractivity contribution < 1.29 is 4.79 Å². The SMILES string of the molecule is Cc1ccccc1-c1n[nH]c2ccc(NC(=O)c3ncc(C#N)cc3C)cc12. The number of amides is 1. The second kappa shape index (κ2) is 6.97. The lowest BCUT2D eigenvalue weighted by atomic mass is 10.0. The maximum absolute atomic E-state index is 12.6. The highest BCUT2D eigenvalue weighted by molar-refractivity contribution is 6.05. The summed E-state index contributed by atoms with van der Waals surface area (Å²) in [4.78, 5) is 16.8. The van der Waals surface area contributed by atoms with Gasteiger partial charge < -0.3 is 5.32 Å². The molecule has 0 unspecified atom stereocenters. The average molecular weight is 367 g/mol. The molecule has 6 nitrogen and oxygen atoms in total. The van der Waals surface area contributed by atoms with Gasteiger partial charge in [-0.1, -0.05) is 24.3 Å². The summed E-state index contributed by atoms with van der Waals surface area (Å²) < 4.78 is 0. The number of aromatic nitrogens is 3. The number of hydrogen-bond donors (Lipinski definition) is 2. The molecular formula is C22H17N5O. The topological polar surface area (TPSA) is 94.5 Å². The molecule has 4 rings (SSSR count). The summed E-state index contributed by atoms with van der Waals surface area (Å²) in [5.74, 6) is -0.317. The third-order valence-electron chi connectivity index (χ3n) is 4.64. The molecule has 0 aliphatic rings. The van der Waals surface area contributed by atoms with Crippen LogP contribution in [0, 0.1) is 25.2 Å². The molecule has 0 fully saturated rings. The standard InChI is InChI=1S/C22H17N5O/c1-13-5-3-4-6-17(13)21-18-10-16(7-8-19(18)26-27-21)25-22(28)20-14(2)9-15(11-23)12-24-20/h3-10,12H,1-2H3,(H,25,28)(H,26,27). The van der Waals surface area contributed by atoms with Gasteiger partial charge in [-0.05, 0) is 49.2 Å². The summed E-state index contributed by atoms with van der Waals surface area (Å²) in [5.41, 5.74) is 5.94. The predicted octanol–water partition coefficient (Wildman–Crippen LogP) is 4.37. The molecular weight excluding hydrogens is 350 g/mol. The van der Waals surface area contributed by atoms with Gasteiger partial charge >= 0.3 is 0 Å². The Morgan fingerprint density at radius 2 is 1.93 bits per heavy atom. The minimum absolute atomic E-state index is 0.297. The molecule has 0 aliphatic carbocycles. The molecule has 4 aromatic rings. The Balaban J connectivity index is 1.69. The number of aryl methyl sites for hydroxylation is 2. The number of nitrogens with one attached hydrogen (secondary N) is 2. The molecule has 0 atom stereocenters. The lowest BCUT2D eigenvalue weighted by Crippen LogP contribution is -2.15. The fraction of sp³-hybridized carbons (Fsp3) is 0.0909. The van der Waals surface area contributed by atoms with Crippen molar-refractivity contribution in [1.29, 1.82) is 5.26 Å². The molecule has 136 valence electrons. The van der Waals surface area contributed by atoms with E-state index in [1.165, 1.54) is 6.20 Å². The quantitative estimate of drug-likeness (QED) is 0.562. The zero-order valence-corrected chi connectivity index (χ0v) is 15.4. The van der Waals surface area contributed by atoms with Gasteiger partial charge in [-0.3, -0.25) is 9.89 Å². The number of hydrogen-bond acceptors (Lipinski definition) is 4. The second-order valence-electron chi connectivity index (χ2n) is 6.60. The minimum Gasteiger partial charge on any atom is -0.321 e. The van der Waals surface area contributed by atoms with Crippen molar-refractivity contribution in [2.75, 3.05) is 5.32 Å². The molecule has 0 radical (unpaired) electrons. The van der Waals surface area contributed by atoms with Crippen molar-refractivity contribution in [2.24, 2.45) is 0 Å². The Hall–Kier alpha value is -3.98. The third-order valence-corrected chi connectivity index (χ3v) is 4.64. The fourth-order valence-corrected chi connectivity index (χ4v) is 3.20. The summed E-state index contributed by atoms with van der Waals surface area (Å²) in [6.45, 7) is 3.80. The van der Waals surface area contributed by atoms with Crippen LogP contribution in [0.2, 0.25) is 0 Å². The van der Waals surface area contributed by atoms with Crippen molar-refractivity contribution in [3.05, 3.63) is 77.1 Å². The van der Waals surface area contributed by atoms with E-state index >= 15 is 0 Å². The number of pyridine rings is 1. The van der Waals surface area contributed by atoms with E-state index in [0.717, 1.165) is 27.7 Å². The van der Waals surface area contributed by atoms with Crippen LogP contribution in [0.3, 0.4) is 0 Å². The van der Waals surface area contributed by atoms with Crippen LogP contribution in [-0.2, 0) is 0 Å². The Morgan fingerprint density at radius 3 is 2.68 bits per heavy atom. The van der Waals surface area contributed by atoms with Crippen molar-refractivity contribution in [3.63, 3.8) is 0 Å². The Kier molecular flexibility index (Phi) is 4.34. The van der Waals surface area contributed by atoms with Crippen LogP contribution in [0.1, 0.15) is 27.2 Å². The van der Waals surface area contributed by atoms with E-state index < -0.39 is 0 Å². The van der Waals surface area contributed by atoms with E-state index in [4.69, 9.17) is 5.26 Å². The van der Waals surface area contributed by atoms with Crippen molar-refractivity contribution in [1.82, 2.24) is 15.2 Å². The summed E-state index contributed by atoms with van der Waals surface area (Å²) in [5, 5.41) is 20.3. The number of carbonyl (C=O) groups is 1. The first-order valence-electron chi connectivity index (χ1n) is 8.79. The van der Waals surface area contributed by atoms with Crippen LogP contribution in [0.15, 0.2) is 54.7 Å². The van der Waals surface area contributed by atoms with Crippen molar-refractivity contribution in [2.45, 2.75) is 13.8 Å². The van der Waals surface area contributed by atoms with Crippen LogP contribution in [0.4, 0.5) is 5.69 Å². The van der Waals surface area contributed by atoms with E-state index in [1.54, 1.807) is 13.0 Å². The number of fused-ring (bicyclic) bond motifs is 1. The van der Waals surface area contributed by atoms with Gasteiger partial charge in [0.2, 0.25) is 0 Å². The fourth-order valence-electron chi connectivity index (χ4n) is 3.20. The van der Waals surface area contributed by atoms with Crippen LogP contribution in [-0.4, -0.2) is 21.1 Å². The molecule has 0 bridgehead atoms. The first-order valence-corrected chi connectivity index (χ1v) is 8.79. The van der Waals surface area contributed by atoms with Crippen LogP contribution >= 0.6 is 0 Å². The number of anilines is 1. The van der Waals surface area contributed by atoms with Gasteiger partial charge in [-0.15, -0.1) is 0 Å². The molecule has 2 aromatic heterocycles. The normalized spacial score (nSPS) is 10.6. The van der Waals surface area contributed by atoms with Gasteiger partial charge in [0.25, 0.3) is 5.91 Å². The molecule has 0 aliphatic heterocycles. The zero-order valence-electron chi connectivity index (χ0n) is 15.4. The summed E-state index contributed by atoms with van der Waals surface area (Å²) in [6, 6.07) is 17.3. The molecule has 2 heterocycles. The summed E-state index contributed by atoms with van der Waals surface area (Å²) in [7, 11) is 0. The maximum atomic E-state index is 12.6. The van der Waals surface area contributed by atoms with Crippen LogP contribution in [0.25, 0.3) is 22.2 Å².